The summed E-state index contributed by atoms with van der Waals surface area (Å²) in [5.74, 6) is 0. The highest BCUT2D eigenvalue weighted by Crippen LogP contribution is 2.06. The van der Waals surface area contributed by atoms with Crippen LogP contribution in [-0.4, -0.2) is 20.3 Å². The van der Waals surface area contributed by atoms with Crippen molar-refractivity contribution in [2.45, 2.75) is 0 Å². The Bertz CT molecular complexity index is 97.9. The van der Waals surface area contributed by atoms with E-state index in [-0.39, 0.29) is 6.03 Å². The Balaban J connectivity index is 0. The summed E-state index contributed by atoms with van der Waals surface area (Å²) in [6.45, 7) is 0. The van der Waals surface area contributed by atoms with Gasteiger partial charge >= 0.3 is 13.3 Å². The Hall–Kier alpha value is -0.785. The molecular weight excluding hydrogens is 155 g/mol. The first-order valence-electron chi connectivity index (χ1n) is 2.23. The number of carbonyl (C=O) groups is 1. The van der Waals surface area contributed by atoms with Gasteiger partial charge in [-0.1, -0.05) is 0 Å². The molecular formula is C2H7BF4N2O. The molecule has 8 heteroatoms. The van der Waals surface area contributed by atoms with E-state index in [1.807, 2.05) is 0 Å². The fraction of sp³-hybridized carbons (Fsp3) is 0.500. The maximum atomic E-state index is 9.75. The molecule has 0 unspecified atom stereocenters. The van der Waals surface area contributed by atoms with Crippen molar-refractivity contribution in [3.63, 3.8) is 0 Å². The lowest BCUT2D eigenvalue weighted by molar-refractivity contribution is -0.521. The van der Waals surface area contributed by atoms with Crippen LogP contribution in [0.5, 0.6) is 0 Å². The van der Waals surface area contributed by atoms with Gasteiger partial charge in [0.05, 0.1) is 7.05 Å². The number of nitrogens with two attached hydrogens (primary N) is 2. The van der Waals surface area contributed by atoms with Crippen LogP contribution in [0.2, 0.25) is 0 Å². The average Bonchev–Trinajstić information content (AvgIpc) is 1.61. The van der Waals surface area contributed by atoms with Gasteiger partial charge in [-0.2, -0.15) is 0 Å². The van der Waals surface area contributed by atoms with E-state index in [2.05, 4.69) is 5.73 Å². The number of halogens is 4. The van der Waals surface area contributed by atoms with Crippen LogP contribution in [0, 0.1) is 0 Å². The predicted molar refractivity (Wildman–Crippen MR) is 27.6 cm³/mol. The Morgan fingerprint density at radius 2 is 1.50 bits per heavy atom. The molecule has 0 fully saturated rings. The molecule has 0 bridgehead atoms. The first-order valence-corrected chi connectivity index (χ1v) is 2.23. The Labute approximate surface area is 54.7 Å². The minimum Gasteiger partial charge on any atom is -0.418 e. The van der Waals surface area contributed by atoms with Gasteiger partial charge in [-0.25, -0.2) is 4.79 Å². The van der Waals surface area contributed by atoms with Crippen molar-refractivity contribution in [3.8, 4) is 0 Å². The molecule has 0 aromatic rings. The van der Waals surface area contributed by atoms with Gasteiger partial charge in [0.1, 0.15) is 0 Å². The summed E-state index contributed by atoms with van der Waals surface area (Å²) in [6, 6.07) is -0.370. The molecule has 0 aromatic carbocycles. The molecule has 0 saturated heterocycles. The number of primary amides is 2. The third-order valence-corrected chi connectivity index (χ3v) is 0.285. The third kappa shape index (κ3) is 189. The van der Waals surface area contributed by atoms with Crippen LogP contribution in [-0.2, 0) is 0 Å². The first kappa shape index (κ1) is 11.9. The highest BCUT2D eigenvalue weighted by atomic mass is 19.5. The van der Waals surface area contributed by atoms with E-state index in [9.17, 15) is 22.1 Å². The van der Waals surface area contributed by atoms with E-state index < -0.39 is 7.25 Å². The SMILES string of the molecule is C[NH2+]C(N)=O.F[B-](F)(F)F. The van der Waals surface area contributed by atoms with Crippen LogP contribution in [0.25, 0.3) is 0 Å². The highest BCUT2D eigenvalue weighted by molar-refractivity contribution is 6.50. The van der Waals surface area contributed by atoms with Crippen LogP contribution in [0.3, 0.4) is 0 Å². The highest BCUT2D eigenvalue weighted by Gasteiger charge is 2.20. The van der Waals surface area contributed by atoms with Gasteiger partial charge in [0.15, 0.2) is 0 Å². The summed E-state index contributed by atoms with van der Waals surface area (Å²) in [5.41, 5.74) is 4.60. The normalized spacial score (nSPS) is 9.70. The molecule has 0 radical (unpaired) electrons. The van der Waals surface area contributed by atoms with Crippen molar-refractivity contribution in [1.29, 1.82) is 0 Å². The lowest BCUT2D eigenvalue weighted by Crippen LogP contribution is -2.86. The summed E-state index contributed by atoms with van der Waals surface area (Å²) in [5, 5.41) is 1.31. The number of amides is 2. The molecule has 4 N–H and O–H groups in total. The summed E-state index contributed by atoms with van der Waals surface area (Å²) < 4.78 is 39.0. The predicted octanol–water partition coefficient (Wildman–Crippen LogP) is -0.442. The van der Waals surface area contributed by atoms with Gasteiger partial charge in [0.25, 0.3) is 0 Å². The summed E-state index contributed by atoms with van der Waals surface area (Å²) in [6.07, 6.45) is 0. The van der Waals surface area contributed by atoms with E-state index in [4.69, 9.17) is 0 Å². The van der Waals surface area contributed by atoms with Crippen molar-refractivity contribution in [1.82, 2.24) is 0 Å². The lowest BCUT2D eigenvalue weighted by Gasteiger charge is -1.94. The van der Waals surface area contributed by atoms with E-state index in [1.54, 1.807) is 7.05 Å². The van der Waals surface area contributed by atoms with E-state index in [0.717, 1.165) is 0 Å². The second kappa shape index (κ2) is 5.04. The van der Waals surface area contributed by atoms with Crippen LogP contribution in [0.4, 0.5) is 22.1 Å². The number of urea groups is 1. The second-order valence-electron chi connectivity index (χ2n) is 1.19. The van der Waals surface area contributed by atoms with Crippen LogP contribution < -0.4 is 11.1 Å². The zero-order valence-corrected chi connectivity index (χ0v) is 5.15. The lowest BCUT2D eigenvalue weighted by atomic mass is 10.3. The van der Waals surface area contributed by atoms with Gasteiger partial charge in [0.2, 0.25) is 0 Å². The van der Waals surface area contributed by atoms with Gasteiger partial charge in [-0.3, -0.25) is 5.32 Å². The van der Waals surface area contributed by atoms with Gasteiger partial charge in [0, 0.05) is 0 Å². The molecule has 0 atom stereocenters. The molecule has 0 aromatic heterocycles. The molecule has 0 aliphatic rings. The van der Waals surface area contributed by atoms with Crippen molar-refractivity contribution >= 4 is 13.3 Å². The molecule has 0 spiro atoms. The number of carbonyl (C=O) groups excluding carboxylic acids is 1. The third-order valence-electron chi connectivity index (χ3n) is 0.285. The van der Waals surface area contributed by atoms with E-state index >= 15 is 0 Å². The monoisotopic (exact) mass is 162 g/mol. The minimum absolute atomic E-state index is 0.370. The van der Waals surface area contributed by atoms with Gasteiger partial charge in [-0.05, 0) is 0 Å². The number of hydrogen-bond donors (Lipinski definition) is 2. The van der Waals surface area contributed by atoms with E-state index in [0.29, 0.717) is 0 Å². The molecule has 0 aliphatic heterocycles. The molecule has 0 aliphatic carbocycles. The molecule has 0 saturated carbocycles. The minimum atomic E-state index is -6.00. The molecule has 2 amide bonds. The quantitative estimate of drug-likeness (QED) is 0.368. The van der Waals surface area contributed by atoms with Crippen LogP contribution in [0.15, 0.2) is 0 Å². The maximum Gasteiger partial charge on any atom is 0.673 e. The molecule has 62 valence electrons. The topological polar surface area (TPSA) is 59.7 Å². The van der Waals surface area contributed by atoms with Crippen LogP contribution in [0.1, 0.15) is 0 Å². The smallest absolute Gasteiger partial charge is 0.418 e. The fourth-order valence-corrected chi connectivity index (χ4v) is 0. The molecule has 3 nitrogen and oxygen atoms in total. The zero-order chi connectivity index (χ0) is 8.78. The van der Waals surface area contributed by atoms with Crippen molar-refractivity contribution in [3.05, 3.63) is 0 Å². The Morgan fingerprint density at radius 3 is 1.50 bits per heavy atom. The van der Waals surface area contributed by atoms with Crippen molar-refractivity contribution in [2.24, 2.45) is 5.73 Å². The van der Waals surface area contributed by atoms with Gasteiger partial charge in [-0.15, -0.1) is 0 Å². The van der Waals surface area contributed by atoms with Crippen LogP contribution >= 0.6 is 0 Å². The Kier molecular flexibility index (Phi) is 6.02. The average molecular weight is 162 g/mol. The largest absolute Gasteiger partial charge is 0.673 e. The number of hydrogen-bond acceptors (Lipinski definition) is 1. The zero-order valence-electron chi connectivity index (χ0n) is 5.15. The van der Waals surface area contributed by atoms with Crippen molar-refractivity contribution in [2.75, 3.05) is 7.05 Å². The molecule has 10 heavy (non-hydrogen) atoms. The fourth-order valence-electron chi connectivity index (χ4n) is 0. The first-order chi connectivity index (χ1) is 4.27. The molecule has 0 heterocycles. The van der Waals surface area contributed by atoms with E-state index in [1.165, 1.54) is 5.32 Å². The number of quaternary nitrogens is 1. The maximum absolute atomic E-state index is 9.75. The summed E-state index contributed by atoms with van der Waals surface area (Å²) in [7, 11) is -4.40. The van der Waals surface area contributed by atoms with Gasteiger partial charge < -0.3 is 23.0 Å². The number of rotatable bonds is 0. The second-order valence-corrected chi connectivity index (χ2v) is 1.19. The standard InChI is InChI=1S/C2H6N2O.BF4/c1-4-2(3)5;2-1(3,4)5/h1H3,(H3,3,4,5);/q;-1/p+1. The van der Waals surface area contributed by atoms with Crippen molar-refractivity contribution < 1.29 is 27.4 Å². The Morgan fingerprint density at radius 1 is 1.40 bits per heavy atom. The summed E-state index contributed by atoms with van der Waals surface area (Å²) >= 11 is 0. The summed E-state index contributed by atoms with van der Waals surface area (Å²) in [4.78, 5) is 9.53. The molecule has 0 rings (SSSR count).